The zero-order valence-electron chi connectivity index (χ0n) is 12.6. The highest BCUT2D eigenvalue weighted by atomic mass is 32.2. The third-order valence-corrected chi connectivity index (χ3v) is 5.34. The molecular weight excluding hydrogens is 288 g/mol. The summed E-state index contributed by atoms with van der Waals surface area (Å²) in [5, 5.41) is 0. The van der Waals surface area contributed by atoms with E-state index < -0.39 is 10.0 Å². The van der Waals surface area contributed by atoms with Crippen molar-refractivity contribution in [2.45, 2.75) is 38.0 Å². The average Bonchev–Trinajstić information content (AvgIpc) is 2.40. The van der Waals surface area contributed by atoms with E-state index in [0.29, 0.717) is 17.9 Å². The summed E-state index contributed by atoms with van der Waals surface area (Å²) in [6.07, 6.45) is 2.50. The summed E-state index contributed by atoms with van der Waals surface area (Å²) in [5.41, 5.74) is 1.77. The molecule has 1 aromatic rings. The molecule has 2 rings (SSSR count). The van der Waals surface area contributed by atoms with Gasteiger partial charge in [0.1, 0.15) is 0 Å². The summed E-state index contributed by atoms with van der Waals surface area (Å²) in [6.45, 7) is 5.13. The molecule has 0 atom stereocenters. The first-order chi connectivity index (χ1) is 9.90. The van der Waals surface area contributed by atoms with Crippen molar-refractivity contribution in [3.63, 3.8) is 0 Å². The Hall–Kier alpha value is -1.40. The normalized spacial score (nSPS) is 16.3. The molecule has 6 heteroatoms. The minimum atomic E-state index is -3.51. The smallest absolute Gasteiger partial charge is 0.240 e. The Labute approximate surface area is 126 Å². The maximum Gasteiger partial charge on any atom is 0.240 e. The topological polar surface area (TPSA) is 66.5 Å². The Balaban J connectivity index is 1.96. The van der Waals surface area contributed by atoms with E-state index in [0.717, 1.165) is 30.5 Å². The van der Waals surface area contributed by atoms with Gasteiger partial charge < -0.3 is 4.90 Å². The van der Waals surface area contributed by atoms with Crippen molar-refractivity contribution in [1.82, 2.24) is 9.62 Å². The summed E-state index contributed by atoms with van der Waals surface area (Å²) >= 11 is 0. The predicted molar refractivity (Wildman–Crippen MR) is 81.5 cm³/mol. The van der Waals surface area contributed by atoms with Gasteiger partial charge >= 0.3 is 0 Å². The third-order valence-electron chi connectivity index (χ3n) is 3.72. The van der Waals surface area contributed by atoms with Gasteiger partial charge in [-0.1, -0.05) is 17.7 Å². The molecule has 116 valence electrons. The highest BCUT2D eigenvalue weighted by Gasteiger charge is 2.20. The van der Waals surface area contributed by atoms with Crippen LogP contribution in [-0.2, 0) is 14.8 Å². The van der Waals surface area contributed by atoms with Crippen LogP contribution in [0.2, 0.25) is 0 Å². The summed E-state index contributed by atoms with van der Waals surface area (Å²) in [6, 6.07) is 5.26. The number of carbonyl (C=O) groups excluding carboxylic acids is 1. The molecule has 0 unspecified atom stereocenters. The van der Waals surface area contributed by atoms with Crippen molar-refractivity contribution in [1.29, 1.82) is 0 Å². The quantitative estimate of drug-likeness (QED) is 0.898. The summed E-state index contributed by atoms with van der Waals surface area (Å²) in [7, 11) is -3.51. The van der Waals surface area contributed by atoms with Crippen LogP contribution in [-0.4, -0.2) is 38.9 Å². The highest BCUT2D eigenvalue weighted by molar-refractivity contribution is 7.89. The number of hydrogen-bond acceptors (Lipinski definition) is 3. The molecule has 0 aromatic heterocycles. The Kier molecular flexibility index (Phi) is 5.00. The highest BCUT2D eigenvalue weighted by Crippen LogP contribution is 2.16. The lowest BCUT2D eigenvalue weighted by molar-refractivity contribution is -0.133. The number of amides is 1. The number of hydrogen-bond donors (Lipinski definition) is 1. The van der Waals surface area contributed by atoms with Gasteiger partial charge in [0.2, 0.25) is 15.9 Å². The number of aryl methyl sites for hydroxylation is 2. The van der Waals surface area contributed by atoms with Crippen LogP contribution >= 0.6 is 0 Å². The molecule has 1 fully saturated rings. The molecule has 0 aliphatic carbocycles. The van der Waals surface area contributed by atoms with Gasteiger partial charge in [0.05, 0.1) is 4.90 Å². The lowest BCUT2D eigenvalue weighted by Crippen LogP contribution is -2.41. The molecule has 0 spiro atoms. The molecule has 1 aromatic carbocycles. The van der Waals surface area contributed by atoms with Gasteiger partial charge in [-0.3, -0.25) is 4.79 Å². The van der Waals surface area contributed by atoms with Crippen LogP contribution in [0.1, 0.15) is 30.4 Å². The zero-order valence-corrected chi connectivity index (χ0v) is 13.4. The minimum Gasteiger partial charge on any atom is -0.341 e. The van der Waals surface area contributed by atoms with Crippen molar-refractivity contribution < 1.29 is 13.2 Å². The van der Waals surface area contributed by atoms with E-state index in [9.17, 15) is 13.2 Å². The monoisotopic (exact) mass is 310 g/mol. The average molecular weight is 310 g/mol. The van der Waals surface area contributed by atoms with Crippen LogP contribution in [0.4, 0.5) is 0 Å². The summed E-state index contributed by atoms with van der Waals surface area (Å²) in [5.74, 6) is 0.118. The van der Waals surface area contributed by atoms with E-state index in [4.69, 9.17) is 0 Å². The van der Waals surface area contributed by atoms with Crippen LogP contribution in [0.25, 0.3) is 0 Å². The van der Waals surface area contributed by atoms with E-state index >= 15 is 0 Å². The fraction of sp³-hybridized carbons (Fsp3) is 0.533. The number of rotatable bonds is 5. The molecule has 21 heavy (non-hydrogen) atoms. The fourth-order valence-corrected chi connectivity index (χ4v) is 3.84. The summed E-state index contributed by atoms with van der Waals surface area (Å²) in [4.78, 5) is 13.7. The molecule has 1 N–H and O–H groups in total. The van der Waals surface area contributed by atoms with E-state index in [1.807, 2.05) is 13.0 Å². The van der Waals surface area contributed by atoms with Gasteiger partial charge in [0, 0.05) is 26.1 Å². The molecule has 1 aliphatic rings. The second-order valence-corrected chi connectivity index (χ2v) is 7.24. The van der Waals surface area contributed by atoms with E-state index in [-0.39, 0.29) is 12.5 Å². The first-order valence-corrected chi connectivity index (χ1v) is 8.73. The van der Waals surface area contributed by atoms with Gasteiger partial charge in [-0.25, -0.2) is 13.1 Å². The molecule has 0 bridgehead atoms. The van der Waals surface area contributed by atoms with Crippen molar-refractivity contribution in [3.05, 3.63) is 29.3 Å². The third kappa shape index (κ3) is 4.04. The van der Waals surface area contributed by atoms with Gasteiger partial charge in [0.25, 0.3) is 0 Å². The molecule has 1 amide bonds. The number of benzene rings is 1. The van der Waals surface area contributed by atoms with Gasteiger partial charge in [-0.2, -0.15) is 0 Å². The van der Waals surface area contributed by atoms with Crippen LogP contribution < -0.4 is 4.72 Å². The van der Waals surface area contributed by atoms with Gasteiger partial charge in [-0.05, 0) is 38.3 Å². The predicted octanol–water partition coefficient (Wildman–Crippen LogP) is 1.59. The standard InChI is InChI=1S/C15H22N2O3S/c1-12-6-7-14(13(2)11-12)21(19,20)16-8-10-17-9-4-3-5-15(17)18/h6-7,11,16H,3-5,8-10H2,1-2H3. The van der Waals surface area contributed by atoms with Crippen LogP contribution in [0, 0.1) is 13.8 Å². The summed E-state index contributed by atoms with van der Waals surface area (Å²) < 4.78 is 27.1. The Bertz CT molecular complexity index is 626. The van der Waals surface area contributed by atoms with E-state index in [2.05, 4.69) is 4.72 Å². The molecule has 0 saturated carbocycles. The Morgan fingerprint density at radius 1 is 1.24 bits per heavy atom. The largest absolute Gasteiger partial charge is 0.341 e. The number of nitrogens with one attached hydrogen (secondary N) is 1. The lowest BCUT2D eigenvalue weighted by Gasteiger charge is -2.26. The van der Waals surface area contributed by atoms with Crippen molar-refractivity contribution >= 4 is 15.9 Å². The zero-order chi connectivity index (χ0) is 15.5. The van der Waals surface area contributed by atoms with Crippen LogP contribution in [0.3, 0.4) is 0 Å². The molecule has 1 heterocycles. The number of carbonyl (C=O) groups is 1. The number of piperidine rings is 1. The van der Waals surface area contributed by atoms with E-state index in [1.54, 1.807) is 24.0 Å². The van der Waals surface area contributed by atoms with Gasteiger partial charge in [-0.15, -0.1) is 0 Å². The fourth-order valence-electron chi connectivity index (χ4n) is 2.59. The van der Waals surface area contributed by atoms with Crippen molar-refractivity contribution in [3.8, 4) is 0 Å². The lowest BCUT2D eigenvalue weighted by atomic mass is 10.1. The Morgan fingerprint density at radius 3 is 2.67 bits per heavy atom. The second kappa shape index (κ2) is 6.58. The molecular formula is C15H22N2O3S. The number of sulfonamides is 1. The van der Waals surface area contributed by atoms with Gasteiger partial charge in [0.15, 0.2) is 0 Å². The number of nitrogens with zero attached hydrogens (tertiary/aromatic N) is 1. The molecule has 1 aliphatic heterocycles. The van der Waals surface area contributed by atoms with Crippen molar-refractivity contribution in [2.24, 2.45) is 0 Å². The molecule has 1 saturated heterocycles. The van der Waals surface area contributed by atoms with Crippen LogP contribution in [0.15, 0.2) is 23.1 Å². The maximum absolute atomic E-state index is 12.3. The Morgan fingerprint density at radius 2 is 2.00 bits per heavy atom. The second-order valence-electron chi connectivity index (χ2n) is 5.50. The maximum atomic E-state index is 12.3. The van der Waals surface area contributed by atoms with Crippen molar-refractivity contribution in [2.75, 3.05) is 19.6 Å². The van der Waals surface area contributed by atoms with E-state index in [1.165, 1.54) is 0 Å². The first kappa shape index (κ1) is 16.0. The molecule has 0 radical (unpaired) electrons. The molecule has 5 nitrogen and oxygen atoms in total. The SMILES string of the molecule is Cc1ccc(S(=O)(=O)NCCN2CCCCC2=O)c(C)c1. The van der Waals surface area contributed by atoms with Crippen LogP contribution in [0.5, 0.6) is 0 Å². The number of likely N-dealkylation sites (tertiary alicyclic amines) is 1. The minimum absolute atomic E-state index is 0.118. The first-order valence-electron chi connectivity index (χ1n) is 7.25.